The number of nitrogens with zero attached hydrogens (tertiary/aromatic N) is 2. The Morgan fingerprint density at radius 2 is 1.71 bits per heavy atom. The minimum Gasteiger partial charge on any atom is -0.333 e. The Hall–Kier alpha value is -2.93. The van der Waals surface area contributed by atoms with Gasteiger partial charge < -0.3 is 15.5 Å². The third-order valence-corrected chi connectivity index (χ3v) is 5.90. The number of fused-ring (bicyclic) bond motifs is 1. The molecule has 1 amide bonds. The Morgan fingerprint density at radius 3 is 2.48 bits per heavy atom. The second-order valence-electron chi connectivity index (χ2n) is 6.86. The van der Waals surface area contributed by atoms with Crippen LogP contribution in [0, 0.1) is 0 Å². The number of benzodiazepines with no additional fused rings is 1. The van der Waals surface area contributed by atoms with E-state index in [4.69, 9.17) is 40.4 Å². The molecule has 0 saturated heterocycles. The SMILES string of the molecule is CN1C(=O)C(NC(=S)Nc2cccc(Cl)c2Cl)N=C(c2ccccc2)c2ccccc21. The first-order valence-electron chi connectivity index (χ1n) is 9.47. The minimum absolute atomic E-state index is 0.207. The molecule has 1 atom stereocenters. The lowest BCUT2D eigenvalue weighted by Crippen LogP contribution is -2.47. The van der Waals surface area contributed by atoms with E-state index in [2.05, 4.69) is 10.6 Å². The molecule has 0 radical (unpaired) electrons. The number of likely N-dealkylation sites (N-methyl/N-ethyl adjacent to an activating group) is 1. The van der Waals surface area contributed by atoms with E-state index in [9.17, 15) is 4.79 Å². The average molecular weight is 469 g/mol. The number of hydrogen-bond donors (Lipinski definition) is 2. The summed E-state index contributed by atoms with van der Waals surface area (Å²) in [7, 11) is 1.73. The summed E-state index contributed by atoms with van der Waals surface area (Å²) in [6.07, 6.45) is -0.925. The van der Waals surface area contributed by atoms with E-state index in [1.807, 2.05) is 54.6 Å². The first kappa shape index (κ1) is 21.3. The summed E-state index contributed by atoms with van der Waals surface area (Å²) >= 11 is 17.7. The van der Waals surface area contributed by atoms with Gasteiger partial charge in [-0.15, -0.1) is 0 Å². The highest BCUT2D eigenvalue weighted by Gasteiger charge is 2.30. The molecule has 5 nitrogen and oxygen atoms in total. The van der Waals surface area contributed by atoms with Gasteiger partial charge in [-0.25, -0.2) is 4.99 Å². The van der Waals surface area contributed by atoms with Crippen LogP contribution in [0.2, 0.25) is 10.0 Å². The number of anilines is 2. The molecule has 2 N–H and O–H groups in total. The van der Waals surface area contributed by atoms with Gasteiger partial charge in [-0.2, -0.15) is 0 Å². The molecule has 0 aromatic heterocycles. The second-order valence-corrected chi connectivity index (χ2v) is 8.05. The van der Waals surface area contributed by atoms with Crippen molar-refractivity contribution in [3.63, 3.8) is 0 Å². The third-order valence-electron chi connectivity index (χ3n) is 4.86. The largest absolute Gasteiger partial charge is 0.333 e. The van der Waals surface area contributed by atoms with Crippen LogP contribution in [0.1, 0.15) is 11.1 Å². The zero-order valence-electron chi connectivity index (χ0n) is 16.5. The Labute approximate surface area is 195 Å². The van der Waals surface area contributed by atoms with Crippen LogP contribution in [0.5, 0.6) is 0 Å². The van der Waals surface area contributed by atoms with E-state index >= 15 is 0 Å². The van der Waals surface area contributed by atoms with Gasteiger partial charge in [-0.05, 0) is 30.4 Å². The maximum atomic E-state index is 13.2. The number of carbonyl (C=O) groups is 1. The average Bonchev–Trinajstić information content (AvgIpc) is 2.88. The Morgan fingerprint density at radius 1 is 1.00 bits per heavy atom. The van der Waals surface area contributed by atoms with Gasteiger partial charge in [-0.1, -0.05) is 77.8 Å². The van der Waals surface area contributed by atoms with Gasteiger partial charge >= 0.3 is 0 Å². The lowest BCUT2D eigenvalue weighted by molar-refractivity contribution is -0.119. The number of halogens is 2. The molecule has 0 aliphatic carbocycles. The molecule has 1 aliphatic rings. The van der Waals surface area contributed by atoms with Crippen LogP contribution in [0.4, 0.5) is 11.4 Å². The summed E-state index contributed by atoms with van der Waals surface area (Å²) in [5.41, 5.74) is 3.79. The molecule has 0 saturated carbocycles. The molecule has 8 heteroatoms. The molecule has 156 valence electrons. The number of aliphatic imine (C=N–C) groups is 1. The highest BCUT2D eigenvalue weighted by Crippen LogP contribution is 2.30. The third kappa shape index (κ3) is 4.42. The van der Waals surface area contributed by atoms with Gasteiger partial charge in [0.25, 0.3) is 5.91 Å². The fraction of sp³-hybridized carbons (Fsp3) is 0.0870. The lowest BCUT2D eigenvalue weighted by atomic mass is 10.0. The molecule has 1 heterocycles. The minimum atomic E-state index is -0.925. The topological polar surface area (TPSA) is 56.7 Å². The summed E-state index contributed by atoms with van der Waals surface area (Å²) in [6, 6.07) is 22.6. The highest BCUT2D eigenvalue weighted by molar-refractivity contribution is 7.80. The molecule has 0 bridgehead atoms. The van der Waals surface area contributed by atoms with Crippen molar-refractivity contribution < 1.29 is 4.79 Å². The number of benzene rings is 3. The number of hydrogen-bond acceptors (Lipinski definition) is 3. The van der Waals surface area contributed by atoms with Crippen molar-refractivity contribution >= 4 is 63.5 Å². The summed E-state index contributed by atoms with van der Waals surface area (Å²) in [5.74, 6) is -0.236. The maximum Gasteiger partial charge on any atom is 0.272 e. The summed E-state index contributed by atoms with van der Waals surface area (Å²) in [5, 5.41) is 6.96. The normalized spacial score (nSPS) is 15.6. The second kappa shape index (κ2) is 9.06. The van der Waals surface area contributed by atoms with Crippen molar-refractivity contribution in [1.82, 2.24) is 5.32 Å². The first-order chi connectivity index (χ1) is 15.0. The molecular weight excluding hydrogens is 451 g/mol. The van der Waals surface area contributed by atoms with E-state index in [1.54, 1.807) is 30.1 Å². The van der Waals surface area contributed by atoms with Gasteiger partial charge in [0.15, 0.2) is 5.11 Å². The number of amides is 1. The standard InChI is InChI=1S/C23H18Cl2N4OS/c1-29-18-13-6-5-10-15(18)20(14-8-3-2-4-9-14)27-21(22(29)30)28-23(31)26-17-12-7-11-16(24)19(17)25/h2-13,21H,1H3,(H2,26,28,31). The molecule has 0 fully saturated rings. The summed E-state index contributed by atoms with van der Waals surface area (Å²) in [4.78, 5) is 19.6. The van der Waals surface area contributed by atoms with Crippen LogP contribution < -0.4 is 15.5 Å². The van der Waals surface area contributed by atoms with Crippen LogP contribution in [-0.2, 0) is 4.79 Å². The Balaban J connectivity index is 1.69. The predicted molar refractivity (Wildman–Crippen MR) is 132 cm³/mol. The van der Waals surface area contributed by atoms with Gasteiger partial charge in [0.2, 0.25) is 6.17 Å². The molecule has 3 aromatic rings. The number of thiocarbonyl (C=S) groups is 1. The van der Waals surface area contributed by atoms with Gasteiger partial charge in [0.1, 0.15) is 0 Å². The van der Waals surface area contributed by atoms with Crippen LogP contribution in [-0.4, -0.2) is 29.9 Å². The van der Waals surface area contributed by atoms with Crippen molar-refractivity contribution in [2.24, 2.45) is 4.99 Å². The van der Waals surface area contributed by atoms with Crippen molar-refractivity contribution in [3.8, 4) is 0 Å². The zero-order valence-corrected chi connectivity index (χ0v) is 18.8. The van der Waals surface area contributed by atoms with Crippen LogP contribution in [0.25, 0.3) is 0 Å². The van der Waals surface area contributed by atoms with Gasteiger partial charge in [0.05, 0.1) is 27.1 Å². The molecule has 3 aromatic carbocycles. The number of nitrogens with one attached hydrogen (secondary N) is 2. The smallest absolute Gasteiger partial charge is 0.272 e. The molecule has 1 aliphatic heterocycles. The Bertz CT molecular complexity index is 1180. The zero-order chi connectivity index (χ0) is 22.0. The predicted octanol–water partition coefficient (Wildman–Crippen LogP) is 5.12. The maximum absolute atomic E-state index is 13.2. The van der Waals surface area contributed by atoms with Crippen LogP contribution in [0.15, 0.2) is 77.8 Å². The van der Waals surface area contributed by atoms with Gasteiger partial charge in [-0.3, -0.25) is 4.79 Å². The van der Waals surface area contributed by atoms with E-state index in [-0.39, 0.29) is 11.0 Å². The molecule has 4 rings (SSSR count). The number of rotatable bonds is 3. The number of para-hydroxylation sites is 1. The van der Waals surface area contributed by atoms with Crippen molar-refractivity contribution in [1.29, 1.82) is 0 Å². The van der Waals surface area contributed by atoms with E-state index < -0.39 is 6.17 Å². The quantitative estimate of drug-likeness (QED) is 0.523. The van der Waals surface area contributed by atoms with E-state index in [0.717, 1.165) is 16.8 Å². The van der Waals surface area contributed by atoms with Crippen LogP contribution >= 0.6 is 35.4 Å². The molecule has 0 spiro atoms. The van der Waals surface area contributed by atoms with Crippen molar-refractivity contribution in [2.75, 3.05) is 17.3 Å². The molecule has 1 unspecified atom stereocenters. The summed E-state index contributed by atoms with van der Waals surface area (Å²) in [6.45, 7) is 0. The molecule has 31 heavy (non-hydrogen) atoms. The summed E-state index contributed by atoms with van der Waals surface area (Å²) < 4.78 is 0. The highest BCUT2D eigenvalue weighted by atomic mass is 35.5. The fourth-order valence-electron chi connectivity index (χ4n) is 3.33. The monoisotopic (exact) mass is 468 g/mol. The van der Waals surface area contributed by atoms with E-state index in [1.165, 1.54) is 0 Å². The van der Waals surface area contributed by atoms with E-state index in [0.29, 0.717) is 21.4 Å². The first-order valence-corrected chi connectivity index (χ1v) is 10.6. The molecular formula is C23H18Cl2N4OS. The van der Waals surface area contributed by atoms with Crippen molar-refractivity contribution in [3.05, 3.63) is 94.0 Å². The number of carbonyl (C=O) groups excluding carboxylic acids is 1. The van der Waals surface area contributed by atoms with Crippen molar-refractivity contribution in [2.45, 2.75) is 6.17 Å². The van der Waals surface area contributed by atoms with Crippen LogP contribution in [0.3, 0.4) is 0 Å². The lowest BCUT2D eigenvalue weighted by Gasteiger charge is -2.22. The Kier molecular flexibility index (Phi) is 6.23. The van der Waals surface area contributed by atoms with Gasteiger partial charge in [0, 0.05) is 18.2 Å². The fourth-order valence-corrected chi connectivity index (χ4v) is 3.89.